The Morgan fingerprint density at radius 2 is 1.73 bits per heavy atom. The predicted octanol–water partition coefficient (Wildman–Crippen LogP) is 1.61. The van der Waals surface area contributed by atoms with Crippen molar-refractivity contribution in [3.8, 4) is 0 Å². The summed E-state index contributed by atoms with van der Waals surface area (Å²) in [6, 6.07) is 13.3. The van der Waals surface area contributed by atoms with E-state index in [-0.39, 0.29) is 11.3 Å². The minimum atomic E-state index is -3.32. The first-order chi connectivity index (χ1) is 12.4. The number of benzene rings is 2. The second kappa shape index (κ2) is 7.17. The lowest BCUT2D eigenvalue weighted by Gasteiger charge is -2.17. The first kappa shape index (κ1) is 17.9. The zero-order chi connectivity index (χ0) is 18.7. The molecule has 7 nitrogen and oxygen atoms in total. The summed E-state index contributed by atoms with van der Waals surface area (Å²) in [6.07, 6.45) is 0.561. The standard InChI is InChI=1S/C18H19N3O4S/c1-13-6-2-3-9-16(13)18(23)20-19-17(22)14-7-4-8-15(12-14)21-10-5-11-26(21,24)25/h2-4,6-9,12H,5,10-11H2,1H3,(H,19,22)(H,20,23). The summed E-state index contributed by atoms with van der Waals surface area (Å²) in [4.78, 5) is 24.4. The quantitative estimate of drug-likeness (QED) is 0.799. The summed E-state index contributed by atoms with van der Waals surface area (Å²) >= 11 is 0. The number of hydrogen-bond donors (Lipinski definition) is 2. The maximum Gasteiger partial charge on any atom is 0.269 e. The van der Waals surface area contributed by atoms with Crippen molar-refractivity contribution < 1.29 is 18.0 Å². The molecule has 0 saturated carbocycles. The van der Waals surface area contributed by atoms with E-state index in [1.807, 2.05) is 6.07 Å². The number of hydrogen-bond acceptors (Lipinski definition) is 4. The van der Waals surface area contributed by atoms with Gasteiger partial charge >= 0.3 is 0 Å². The van der Waals surface area contributed by atoms with E-state index >= 15 is 0 Å². The highest BCUT2D eigenvalue weighted by Gasteiger charge is 2.28. The van der Waals surface area contributed by atoms with Gasteiger partial charge in [-0.2, -0.15) is 0 Å². The molecule has 0 radical (unpaired) electrons. The lowest BCUT2D eigenvalue weighted by molar-refractivity contribution is 0.0846. The molecule has 0 spiro atoms. The summed E-state index contributed by atoms with van der Waals surface area (Å²) < 4.78 is 25.3. The Labute approximate surface area is 152 Å². The van der Waals surface area contributed by atoms with Crippen LogP contribution in [0.15, 0.2) is 48.5 Å². The summed E-state index contributed by atoms with van der Waals surface area (Å²) in [6.45, 7) is 2.20. The molecule has 0 bridgehead atoms. The maximum atomic E-state index is 12.3. The molecule has 3 rings (SSSR count). The van der Waals surface area contributed by atoms with Crippen LogP contribution in [0.1, 0.15) is 32.7 Å². The third-order valence-corrected chi connectivity index (χ3v) is 6.04. The number of aryl methyl sites for hydroxylation is 1. The minimum absolute atomic E-state index is 0.107. The predicted molar refractivity (Wildman–Crippen MR) is 98.3 cm³/mol. The topological polar surface area (TPSA) is 95.6 Å². The normalized spacial score (nSPS) is 15.5. The monoisotopic (exact) mass is 373 g/mol. The lowest BCUT2D eigenvalue weighted by Crippen LogP contribution is -2.41. The van der Waals surface area contributed by atoms with Gasteiger partial charge in [-0.1, -0.05) is 24.3 Å². The van der Waals surface area contributed by atoms with Crippen molar-refractivity contribution in [1.29, 1.82) is 0 Å². The van der Waals surface area contributed by atoms with E-state index in [1.54, 1.807) is 43.3 Å². The molecule has 2 amide bonds. The Kier molecular flexibility index (Phi) is 4.94. The minimum Gasteiger partial charge on any atom is -0.270 e. The zero-order valence-corrected chi connectivity index (χ0v) is 15.0. The highest BCUT2D eigenvalue weighted by molar-refractivity contribution is 7.93. The summed E-state index contributed by atoms with van der Waals surface area (Å²) in [7, 11) is -3.32. The number of carbonyl (C=O) groups is 2. The Hall–Kier alpha value is -2.87. The summed E-state index contributed by atoms with van der Waals surface area (Å²) in [5.41, 5.74) is 6.69. The van der Waals surface area contributed by atoms with Gasteiger partial charge in [0.15, 0.2) is 0 Å². The average molecular weight is 373 g/mol. The molecule has 1 aliphatic rings. The third-order valence-electron chi connectivity index (χ3n) is 4.17. The molecular formula is C18H19N3O4S. The highest BCUT2D eigenvalue weighted by atomic mass is 32.2. The third kappa shape index (κ3) is 3.70. The molecule has 2 aromatic carbocycles. The van der Waals surface area contributed by atoms with Gasteiger partial charge in [0.1, 0.15) is 0 Å². The van der Waals surface area contributed by atoms with Crippen molar-refractivity contribution >= 4 is 27.5 Å². The largest absolute Gasteiger partial charge is 0.270 e. The first-order valence-electron chi connectivity index (χ1n) is 8.15. The molecule has 2 aromatic rings. The molecule has 136 valence electrons. The van der Waals surface area contributed by atoms with Gasteiger partial charge in [-0.15, -0.1) is 0 Å². The van der Waals surface area contributed by atoms with E-state index in [9.17, 15) is 18.0 Å². The van der Waals surface area contributed by atoms with E-state index in [0.29, 0.717) is 24.2 Å². The molecule has 0 aliphatic carbocycles. The van der Waals surface area contributed by atoms with Gasteiger partial charge in [0, 0.05) is 17.7 Å². The van der Waals surface area contributed by atoms with Crippen LogP contribution in [0, 0.1) is 6.92 Å². The Morgan fingerprint density at radius 3 is 2.42 bits per heavy atom. The molecule has 1 fully saturated rings. The Bertz CT molecular complexity index is 956. The zero-order valence-electron chi connectivity index (χ0n) is 14.2. The SMILES string of the molecule is Cc1ccccc1C(=O)NNC(=O)c1cccc(N2CCCS2(=O)=O)c1. The van der Waals surface area contributed by atoms with Gasteiger partial charge in [-0.25, -0.2) is 8.42 Å². The van der Waals surface area contributed by atoms with E-state index in [4.69, 9.17) is 0 Å². The lowest BCUT2D eigenvalue weighted by atomic mass is 10.1. The van der Waals surface area contributed by atoms with Gasteiger partial charge in [0.2, 0.25) is 10.0 Å². The van der Waals surface area contributed by atoms with E-state index < -0.39 is 21.8 Å². The number of carbonyl (C=O) groups excluding carboxylic acids is 2. The molecule has 26 heavy (non-hydrogen) atoms. The number of nitrogens with zero attached hydrogens (tertiary/aromatic N) is 1. The number of amides is 2. The highest BCUT2D eigenvalue weighted by Crippen LogP contribution is 2.24. The molecule has 2 N–H and O–H groups in total. The molecule has 0 aromatic heterocycles. The van der Waals surface area contributed by atoms with Gasteiger partial charge in [0.25, 0.3) is 11.8 Å². The summed E-state index contributed by atoms with van der Waals surface area (Å²) in [5.74, 6) is -0.837. The van der Waals surface area contributed by atoms with Crippen LogP contribution in [0.3, 0.4) is 0 Å². The first-order valence-corrected chi connectivity index (χ1v) is 9.76. The number of sulfonamides is 1. The van der Waals surface area contributed by atoms with Gasteiger partial charge in [0.05, 0.1) is 11.4 Å². The van der Waals surface area contributed by atoms with Gasteiger partial charge in [-0.3, -0.25) is 24.7 Å². The van der Waals surface area contributed by atoms with Crippen molar-refractivity contribution in [3.05, 3.63) is 65.2 Å². The van der Waals surface area contributed by atoms with Crippen molar-refractivity contribution in [3.63, 3.8) is 0 Å². The van der Waals surface area contributed by atoms with Crippen LogP contribution in [-0.4, -0.2) is 32.5 Å². The number of anilines is 1. The van der Waals surface area contributed by atoms with Crippen LogP contribution < -0.4 is 15.2 Å². The Balaban J connectivity index is 1.70. The molecule has 0 atom stereocenters. The molecule has 8 heteroatoms. The van der Waals surface area contributed by atoms with Crippen molar-refractivity contribution in [1.82, 2.24) is 10.9 Å². The molecule has 1 saturated heterocycles. The second-order valence-corrected chi connectivity index (χ2v) is 8.03. The molecule has 0 unspecified atom stereocenters. The second-order valence-electron chi connectivity index (χ2n) is 6.02. The van der Waals surface area contributed by atoms with E-state index in [2.05, 4.69) is 10.9 Å². The van der Waals surface area contributed by atoms with E-state index in [1.165, 1.54) is 10.4 Å². The fourth-order valence-electron chi connectivity index (χ4n) is 2.81. The number of nitrogens with one attached hydrogen (secondary N) is 2. The van der Waals surface area contributed by atoms with Crippen LogP contribution in [0.4, 0.5) is 5.69 Å². The van der Waals surface area contributed by atoms with Crippen molar-refractivity contribution in [2.24, 2.45) is 0 Å². The molecule has 1 aliphatic heterocycles. The fourth-order valence-corrected chi connectivity index (χ4v) is 4.37. The van der Waals surface area contributed by atoms with Gasteiger partial charge in [-0.05, 0) is 43.2 Å². The van der Waals surface area contributed by atoms with Crippen molar-refractivity contribution in [2.75, 3.05) is 16.6 Å². The van der Waals surface area contributed by atoms with Gasteiger partial charge < -0.3 is 0 Å². The number of hydrazine groups is 1. The maximum absolute atomic E-state index is 12.3. The fraction of sp³-hybridized carbons (Fsp3) is 0.222. The van der Waals surface area contributed by atoms with Crippen LogP contribution in [0.25, 0.3) is 0 Å². The van der Waals surface area contributed by atoms with Crippen molar-refractivity contribution in [2.45, 2.75) is 13.3 Å². The summed E-state index contributed by atoms with van der Waals surface area (Å²) in [5, 5.41) is 0. The van der Waals surface area contributed by atoms with Crippen LogP contribution in [-0.2, 0) is 10.0 Å². The molecular weight excluding hydrogens is 354 g/mol. The smallest absolute Gasteiger partial charge is 0.269 e. The molecule has 1 heterocycles. The number of rotatable bonds is 3. The van der Waals surface area contributed by atoms with Crippen LogP contribution in [0.2, 0.25) is 0 Å². The van der Waals surface area contributed by atoms with E-state index in [0.717, 1.165) is 5.56 Å². The van der Waals surface area contributed by atoms with Crippen LogP contribution >= 0.6 is 0 Å². The van der Waals surface area contributed by atoms with Crippen LogP contribution in [0.5, 0.6) is 0 Å². The average Bonchev–Trinajstić information content (AvgIpc) is 2.99. The Morgan fingerprint density at radius 1 is 1.00 bits per heavy atom.